The van der Waals surface area contributed by atoms with Gasteiger partial charge in [-0.1, -0.05) is 133 Å². The molecule has 8 aromatic carbocycles. The third-order valence-corrected chi connectivity index (χ3v) is 13.4. The molecule has 6 heterocycles. The van der Waals surface area contributed by atoms with E-state index in [0.29, 0.717) is 90.5 Å². The van der Waals surface area contributed by atoms with Gasteiger partial charge in [-0.3, -0.25) is 0 Å². The largest absolute Gasteiger partial charge is 0.738 e. The fourth-order valence-corrected chi connectivity index (χ4v) is 10.5. The van der Waals surface area contributed by atoms with Gasteiger partial charge >= 0.3 is 13.9 Å². The highest BCUT2D eigenvalue weighted by Gasteiger charge is 2.57. The number of aromatic nitrogens is 2. The zero-order chi connectivity index (χ0) is 52.6. The van der Waals surface area contributed by atoms with Crippen LogP contribution in [0.3, 0.4) is 0 Å². The summed E-state index contributed by atoms with van der Waals surface area (Å²) in [5.41, 5.74) is 10.2. The fraction of sp³-hybridized carbons (Fsp3) is 0.0333. The highest BCUT2D eigenvalue weighted by Crippen LogP contribution is 2.47. The molecule has 0 atom stereocenters. The van der Waals surface area contributed by atoms with Crippen LogP contribution in [0, 0.1) is 22.7 Å². The molecule has 0 saturated heterocycles. The van der Waals surface area contributed by atoms with Crippen LogP contribution in [0.15, 0.2) is 228 Å². The number of fused-ring (bicyclic) bond motifs is 14. The molecule has 16 heteroatoms. The third-order valence-electron chi connectivity index (χ3n) is 13.4. The second-order valence-electron chi connectivity index (χ2n) is 17.9. The van der Waals surface area contributed by atoms with Crippen LogP contribution in [-0.4, -0.2) is 54.7 Å². The Bertz CT molecular complexity index is 3840. The smallest absolute Gasteiger partial charge is 0.389 e. The van der Waals surface area contributed by atoms with Gasteiger partial charge in [-0.15, -0.1) is 0 Å². The maximum atomic E-state index is 16.8. The topological polar surface area (TPSA) is 112 Å². The molecule has 14 rings (SSSR count). The Kier molecular flexibility index (Phi) is 12.5. The summed E-state index contributed by atoms with van der Waals surface area (Å²) in [7, 11) is 0. The minimum atomic E-state index is -4.25. The highest BCUT2D eigenvalue weighted by atomic mass is 19.3. The van der Waals surface area contributed by atoms with Gasteiger partial charge in [-0.25, -0.2) is 9.98 Å². The summed E-state index contributed by atoms with van der Waals surface area (Å²) in [6.45, 7) is -5.64. The molecule has 2 aromatic heterocycles. The number of halogens is 4. The molecule has 76 heavy (non-hydrogen) atoms. The second kappa shape index (κ2) is 19.8. The molecule has 0 saturated carbocycles. The van der Waals surface area contributed by atoms with E-state index in [1.165, 1.54) is 31.8 Å². The van der Waals surface area contributed by atoms with Crippen molar-refractivity contribution in [2.24, 2.45) is 9.98 Å². The number of nitrogens with zero attached hydrogens (tertiary/aromatic N) is 8. The number of benzene rings is 8. The van der Waals surface area contributed by atoms with E-state index < -0.39 is 13.9 Å². The number of para-hydroxylation sites is 8. The maximum Gasteiger partial charge on any atom is 0.738 e. The first kappa shape index (κ1) is 48.2. The van der Waals surface area contributed by atoms with Crippen LogP contribution in [0.2, 0.25) is 0 Å². The van der Waals surface area contributed by atoms with Gasteiger partial charge in [0.05, 0.1) is 57.4 Å². The van der Waals surface area contributed by atoms with Gasteiger partial charge in [0.15, 0.2) is 34.2 Å². The van der Waals surface area contributed by atoms with E-state index in [1.54, 1.807) is 84.9 Å². The monoisotopic (exact) mass is 1000 g/mol. The van der Waals surface area contributed by atoms with E-state index in [1.807, 2.05) is 146 Å². The van der Waals surface area contributed by atoms with E-state index in [4.69, 9.17) is 20.5 Å². The molecule has 0 amide bonds. The molecular weight excluding hydrogens is 958 g/mol. The fourth-order valence-electron chi connectivity index (χ4n) is 10.5. The van der Waals surface area contributed by atoms with Crippen LogP contribution < -0.4 is 10.6 Å². The number of hydrogen-bond acceptors (Lipinski definition) is 6. The minimum absolute atomic E-state index is 0.401. The van der Waals surface area contributed by atoms with Gasteiger partial charge < -0.3 is 45.8 Å². The summed E-state index contributed by atoms with van der Waals surface area (Å²) in [6, 6.07) is 70.0. The summed E-state index contributed by atoms with van der Waals surface area (Å²) in [5.74, 6) is 0. The molecule has 10 aromatic rings. The molecule has 0 radical (unpaired) electrons. The van der Waals surface area contributed by atoms with Gasteiger partial charge in [0.2, 0.25) is 0 Å². The molecule has 368 valence electrons. The number of anilines is 4. The van der Waals surface area contributed by atoms with E-state index in [9.17, 15) is 0 Å². The Hall–Kier alpha value is -10.1. The Morgan fingerprint density at radius 2 is 0.724 bits per heavy atom. The van der Waals surface area contributed by atoms with Crippen LogP contribution >= 0.6 is 0 Å². The lowest BCUT2D eigenvalue weighted by atomic mass is 9.86. The molecule has 0 fully saturated rings. The Morgan fingerprint density at radius 1 is 0.421 bits per heavy atom. The number of aliphatic imine (C=N–C) groups is 2. The molecule has 0 spiro atoms. The van der Waals surface area contributed by atoms with Gasteiger partial charge in [-0.2, -0.15) is 10.5 Å². The minimum Gasteiger partial charge on any atom is -0.389 e. The summed E-state index contributed by atoms with van der Waals surface area (Å²) in [4.78, 5) is 9.82. The SMILES string of the molecule is CC#N.CC#N.F[B-]1(F)n2c(c(Nc3ccccc3)c3ccccc32)C2=Nc3ccccc3C2=[N+]1c1ccccc1.F[B-]1(F)n2c(c(Nc3ccccc3)c3ccccc32)C2=Nc3ccccc3C2=[N+]1c1ccccc1. The normalized spacial score (nSPS) is 14.4. The Balaban J connectivity index is 0.000000147. The molecule has 10 nitrogen and oxygen atoms in total. The van der Waals surface area contributed by atoms with E-state index in [0.717, 1.165) is 22.1 Å². The third kappa shape index (κ3) is 8.00. The Morgan fingerprint density at radius 3 is 1.09 bits per heavy atom. The van der Waals surface area contributed by atoms with Crippen molar-refractivity contribution in [3.63, 3.8) is 0 Å². The molecule has 4 aliphatic heterocycles. The predicted molar refractivity (Wildman–Crippen MR) is 299 cm³/mol. The van der Waals surface area contributed by atoms with Crippen molar-refractivity contribution in [1.82, 2.24) is 8.96 Å². The zero-order valence-corrected chi connectivity index (χ0v) is 41.0. The van der Waals surface area contributed by atoms with Crippen molar-refractivity contribution in [2.75, 3.05) is 10.6 Å². The highest BCUT2D eigenvalue weighted by molar-refractivity contribution is 6.69. The number of nitriles is 2. The quantitative estimate of drug-likeness (QED) is 0.128. The molecule has 0 bridgehead atoms. The van der Waals surface area contributed by atoms with E-state index in [-0.39, 0.29) is 0 Å². The number of nitrogens with one attached hydrogen (secondary N) is 2. The van der Waals surface area contributed by atoms with Crippen molar-refractivity contribution in [3.05, 3.63) is 241 Å². The van der Waals surface area contributed by atoms with Crippen LogP contribution in [0.1, 0.15) is 36.4 Å². The average molecular weight is 1000 g/mol. The van der Waals surface area contributed by atoms with Crippen LogP contribution in [0.5, 0.6) is 0 Å². The summed E-state index contributed by atoms with van der Waals surface area (Å²) < 4.78 is 72.0. The average Bonchev–Trinajstić information content (AvgIpc) is 4.29. The first-order valence-corrected chi connectivity index (χ1v) is 24.5. The molecule has 2 N–H and O–H groups in total. The standard InChI is InChI=1S/2C28H19BF2N4.2C2H3N/c2*30-29(31)34(20-13-5-2-6-14-20)27-21-15-7-9-17-23(21)33-26(27)28-25(32-19-11-3-1-4-12-19)22-16-8-10-18-24(22)35(28)29;2*1-2-3/h2*1-18,32H;2*1H3. The van der Waals surface area contributed by atoms with E-state index >= 15 is 17.3 Å². The predicted octanol–water partition coefficient (Wildman–Crippen LogP) is 14.8. The molecule has 4 aliphatic rings. The summed E-state index contributed by atoms with van der Waals surface area (Å²) in [6.07, 6.45) is 0. The van der Waals surface area contributed by atoms with Crippen LogP contribution in [0.25, 0.3) is 21.8 Å². The van der Waals surface area contributed by atoms with Gasteiger partial charge in [0.25, 0.3) is 0 Å². The Labute approximate surface area is 435 Å². The lowest BCUT2D eigenvalue weighted by Crippen LogP contribution is -2.54. The van der Waals surface area contributed by atoms with Crippen molar-refractivity contribution in [2.45, 2.75) is 13.8 Å². The second-order valence-corrected chi connectivity index (χ2v) is 17.9. The van der Waals surface area contributed by atoms with Gasteiger partial charge in [0.1, 0.15) is 0 Å². The van der Waals surface area contributed by atoms with Crippen LogP contribution in [-0.2, 0) is 0 Å². The van der Waals surface area contributed by atoms with Crippen molar-refractivity contribution < 1.29 is 26.2 Å². The molecule has 0 aliphatic carbocycles. The molecule has 0 unspecified atom stereocenters. The van der Waals surface area contributed by atoms with Crippen LogP contribution in [0.4, 0.5) is 62.8 Å². The summed E-state index contributed by atoms with van der Waals surface area (Å²) in [5, 5.41) is 22.9. The van der Waals surface area contributed by atoms with Crippen molar-refractivity contribution >= 4 is 104 Å². The first-order chi connectivity index (χ1) is 37.1. The zero-order valence-electron chi connectivity index (χ0n) is 41.0. The van der Waals surface area contributed by atoms with Crippen molar-refractivity contribution in [3.8, 4) is 12.1 Å². The number of rotatable bonds is 6. The van der Waals surface area contributed by atoms with Gasteiger partial charge in [-0.05, 0) is 60.7 Å². The van der Waals surface area contributed by atoms with E-state index in [2.05, 4.69) is 10.6 Å². The lowest BCUT2D eigenvalue weighted by Gasteiger charge is -2.32. The van der Waals surface area contributed by atoms with Crippen molar-refractivity contribution in [1.29, 1.82) is 10.5 Å². The lowest BCUT2D eigenvalue weighted by molar-refractivity contribution is -0.329. The summed E-state index contributed by atoms with van der Waals surface area (Å²) >= 11 is 0. The maximum absolute atomic E-state index is 16.8. The van der Waals surface area contributed by atoms with Gasteiger partial charge in [0, 0.05) is 71.3 Å². The first-order valence-electron chi connectivity index (χ1n) is 24.5. The number of hydrogen-bond donors (Lipinski definition) is 2. The molecular formula is C60H44B2F4N10.